The zero-order chi connectivity index (χ0) is 18.2. The highest BCUT2D eigenvalue weighted by molar-refractivity contribution is 6.25. The average Bonchev–Trinajstić information content (AvgIpc) is 2.74. The Morgan fingerprint density at radius 3 is 2.11 bits per heavy atom. The maximum atomic E-state index is 4.77. The fraction of sp³-hybridized carbons (Fsp3) is 0.0800. The summed E-state index contributed by atoms with van der Waals surface area (Å²) in [7, 11) is 0. The van der Waals surface area contributed by atoms with Crippen molar-refractivity contribution in [1.29, 1.82) is 0 Å². The molecule has 0 spiro atoms. The van der Waals surface area contributed by atoms with Crippen LogP contribution in [0.2, 0.25) is 0 Å². The molecule has 0 saturated carbocycles. The Morgan fingerprint density at radius 2 is 1.37 bits per heavy atom. The number of hydrazone groups is 1. The van der Waals surface area contributed by atoms with Gasteiger partial charge in [-0.2, -0.15) is 5.10 Å². The molecule has 0 saturated heterocycles. The van der Waals surface area contributed by atoms with Gasteiger partial charge in [-0.1, -0.05) is 72.8 Å². The Morgan fingerprint density at radius 1 is 0.704 bits per heavy atom. The average molecular weight is 348 g/mol. The van der Waals surface area contributed by atoms with Crippen LogP contribution in [-0.4, -0.2) is 12.8 Å². The van der Waals surface area contributed by atoms with Crippen LogP contribution in [0, 0.1) is 0 Å². The summed E-state index contributed by atoms with van der Waals surface area (Å²) in [4.78, 5) is 0. The van der Waals surface area contributed by atoms with Gasteiger partial charge in [-0.3, -0.25) is 5.01 Å². The standard InChI is InChI=1S/C25H20N2/c1-2-27(22-9-4-3-5-10-22)26-17-21-14-13-20-12-11-18-7-6-8-19-15-16-23(21)25(20)24(18)19/h3-17H,2H2,1H3/b26-17-. The summed E-state index contributed by atoms with van der Waals surface area (Å²) < 4.78 is 0. The van der Waals surface area contributed by atoms with Crippen molar-refractivity contribution >= 4 is 44.2 Å². The molecule has 130 valence electrons. The van der Waals surface area contributed by atoms with Crippen LogP contribution in [0.5, 0.6) is 0 Å². The number of rotatable bonds is 4. The molecule has 2 nitrogen and oxygen atoms in total. The minimum Gasteiger partial charge on any atom is -0.266 e. The van der Waals surface area contributed by atoms with Crippen molar-refractivity contribution < 1.29 is 0 Å². The van der Waals surface area contributed by atoms with Crippen molar-refractivity contribution in [1.82, 2.24) is 0 Å². The van der Waals surface area contributed by atoms with Gasteiger partial charge in [0.25, 0.3) is 0 Å². The predicted octanol–water partition coefficient (Wildman–Crippen LogP) is 6.44. The van der Waals surface area contributed by atoms with E-state index in [0.717, 1.165) is 17.8 Å². The topological polar surface area (TPSA) is 15.6 Å². The van der Waals surface area contributed by atoms with E-state index in [0.29, 0.717) is 0 Å². The van der Waals surface area contributed by atoms with Crippen LogP contribution in [0.15, 0.2) is 90.0 Å². The van der Waals surface area contributed by atoms with E-state index in [1.165, 1.54) is 32.3 Å². The van der Waals surface area contributed by atoms with Gasteiger partial charge in [0.05, 0.1) is 11.9 Å². The highest BCUT2D eigenvalue weighted by Gasteiger charge is 2.10. The molecule has 0 unspecified atom stereocenters. The van der Waals surface area contributed by atoms with Gasteiger partial charge in [0.1, 0.15) is 0 Å². The summed E-state index contributed by atoms with van der Waals surface area (Å²) in [6.07, 6.45) is 1.99. The summed E-state index contributed by atoms with van der Waals surface area (Å²) >= 11 is 0. The summed E-state index contributed by atoms with van der Waals surface area (Å²) in [5.41, 5.74) is 2.25. The van der Waals surface area contributed by atoms with E-state index in [1.54, 1.807) is 0 Å². The molecule has 0 aliphatic heterocycles. The van der Waals surface area contributed by atoms with Gasteiger partial charge in [0, 0.05) is 12.1 Å². The van der Waals surface area contributed by atoms with Crippen LogP contribution >= 0.6 is 0 Å². The van der Waals surface area contributed by atoms with Crippen LogP contribution in [0.1, 0.15) is 12.5 Å². The lowest BCUT2D eigenvalue weighted by Gasteiger charge is -2.17. The van der Waals surface area contributed by atoms with Gasteiger partial charge in [-0.15, -0.1) is 0 Å². The first-order chi connectivity index (χ1) is 13.3. The lowest BCUT2D eigenvalue weighted by molar-refractivity contribution is 0.898. The lowest BCUT2D eigenvalue weighted by Crippen LogP contribution is -2.15. The number of hydrogen-bond donors (Lipinski definition) is 0. The van der Waals surface area contributed by atoms with Gasteiger partial charge >= 0.3 is 0 Å². The summed E-state index contributed by atoms with van der Waals surface area (Å²) in [5.74, 6) is 0. The fourth-order valence-corrected chi connectivity index (χ4v) is 3.93. The van der Waals surface area contributed by atoms with Crippen molar-refractivity contribution in [3.05, 3.63) is 90.5 Å². The Hall–Kier alpha value is -3.39. The Kier molecular flexibility index (Phi) is 3.75. The number of benzene rings is 5. The fourth-order valence-electron chi connectivity index (χ4n) is 3.93. The third-order valence-corrected chi connectivity index (χ3v) is 5.25. The number of nitrogens with zero attached hydrogens (tertiary/aromatic N) is 2. The van der Waals surface area contributed by atoms with Crippen LogP contribution < -0.4 is 5.01 Å². The molecule has 2 heteroatoms. The maximum Gasteiger partial charge on any atom is 0.0593 e. The molecule has 5 aromatic carbocycles. The first kappa shape index (κ1) is 15.8. The van der Waals surface area contributed by atoms with E-state index in [2.05, 4.69) is 73.7 Å². The number of para-hydroxylation sites is 1. The molecule has 0 aliphatic carbocycles. The minimum atomic E-state index is 0.826. The SMILES string of the molecule is CCN(/N=C\c1ccc2ccc3cccc4ccc1c2c34)c1ccccc1. The lowest BCUT2D eigenvalue weighted by atomic mass is 9.92. The largest absolute Gasteiger partial charge is 0.266 e. The van der Waals surface area contributed by atoms with E-state index in [-0.39, 0.29) is 0 Å². The quantitative estimate of drug-likeness (QED) is 0.207. The molecule has 0 bridgehead atoms. The second-order valence-corrected chi connectivity index (χ2v) is 6.81. The summed E-state index contributed by atoms with van der Waals surface area (Å²) in [6, 6.07) is 30.1. The normalized spacial score (nSPS) is 11.9. The Balaban J connectivity index is 1.67. The molecule has 0 aromatic heterocycles. The molecule has 0 fully saturated rings. The van der Waals surface area contributed by atoms with E-state index >= 15 is 0 Å². The van der Waals surface area contributed by atoms with Gasteiger partial charge < -0.3 is 0 Å². The highest BCUT2D eigenvalue weighted by atomic mass is 15.4. The van der Waals surface area contributed by atoms with E-state index in [1.807, 2.05) is 29.4 Å². The molecule has 0 radical (unpaired) electrons. The monoisotopic (exact) mass is 348 g/mol. The Bertz CT molecular complexity index is 1240. The first-order valence-corrected chi connectivity index (χ1v) is 9.38. The minimum absolute atomic E-state index is 0.826. The van der Waals surface area contributed by atoms with Gasteiger partial charge in [-0.25, -0.2) is 0 Å². The molecule has 27 heavy (non-hydrogen) atoms. The third kappa shape index (κ3) is 2.61. The molecule has 0 amide bonds. The van der Waals surface area contributed by atoms with Crippen molar-refractivity contribution in [2.75, 3.05) is 11.6 Å². The van der Waals surface area contributed by atoms with E-state index < -0.39 is 0 Å². The third-order valence-electron chi connectivity index (χ3n) is 5.25. The molecule has 0 N–H and O–H groups in total. The van der Waals surface area contributed by atoms with Gasteiger partial charge in [0.15, 0.2) is 0 Å². The zero-order valence-corrected chi connectivity index (χ0v) is 15.3. The predicted molar refractivity (Wildman–Crippen MR) is 117 cm³/mol. The van der Waals surface area contributed by atoms with Crippen molar-refractivity contribution in [2.45, 2.75) is 6.92 Å². The highest BCUT2D eigenvalue weighted by Crippen LogP contribution is 2.35. The molecular formula is C25H20N2. The van der Waals surface area contributed by atoms with Crippen molar-refractivity contribution in [3.63, 3.8) is 0 Å². The molecular weight excluding hydrogens is 328 g/mol. The first-order valence-electron chi connectivity index (χ1n) is 9.38. The van der Waals surface area contributed by atoms with E-state index in [4.69, 9.17) is 5.10 Å². The molecule has 0 aliphatic rings. The van der Waals surface area contributed by atoms with Gasteiger partial charge in [-0.05, 0) is 51.4 Å². The second kappa shape index (κ2) is 6.40. The van der Waals surface area contributed by atoms with Crippen LogP contribution in [-0.2, 0) is 0 Å². The van der Waals surface area contributed by atoms with E-state index in [9.17, 15) is 0 Å². The number of hydrogen-bond acceptors (Lipinski definition) is 2. The summed E-state index contributed by atoms with van der Waals surface area (Å²) in [6.45, 7) is 2.95. The Labute approximate surface area is 158 Å². The zero-order valence-electron chi connectivity index (χ0n) is 15.3. The number of anilines is 1. The van der Waals surface area contributed by atoms with Gasteiger partial charge in [0.2, 0.25) is 0 Å². The molecule has 5 aromatic rings. The smallest absolute Gasteiger partial charge is 0.0593 e. The molecule has 0 heterocycles. The van der Waals surface area contributed by atoms with Crippen molar-refractivity contribution in [2.24, 2.45) is 5.10 Å². The van der Waals surface area contributed by atoms with Crippen LogP contribution in [0.25, 0.3) is 32.3 Å². The maximum absolute atomic E-state index is 4.77. The van der Waals surface area contributed by atoms with Crippen LogP contribution in [0.3, 0.4) is 0 Å². The summed E-state index contributed by atoms with van der Waals surface area (Å²) in [5, 5.41) is 14.6. The molecule has 5 rings (SSSR count). The molecule has 0 atom stereocenters. The van der Waals surface area contributed by atoms with Crippen molar-refractivity contribution in [3.8, 4) is 0 Å². The van der Waals surface area contributed by atoms with Crippen LogP contribution in [0.4, 0.5) is 5.69 Å². The second-order valence-electron chi connectivity index (χ2n) is 6.81.